The first kappa shape index (κ1) is 18.8. The molecular weight excluding hydrogens is 403 g/mol. The lowest BCUT2D eigenvalue weighted by Gasteiger charge is -2.35. The van der Waals surface area contributed by atoms with E-state index in [9.17, 15) is 8.42 Å². The van der Waals surface area contributed by atoms with Crippen LogP contribution >= 0.6 is 34.8 Å². The molecule has 0 atom stereocenters. The number of piperazine rings is 1. The summed E-state index contributed by atoms with van der Waals surface area (Å²) in [5.41, 5.74) is 1.57. The van der Waals surface area contributed by atoms with Crippen LogP contribution in [0.4, 0.5) is 5.69 Å². The molecule has 0 N–H and O–H groups in total. The summed E-state index contributed by atoms with van der Waals surface area (Å²) in [7, 11) is -3.54. The monoisotopic (exact) mass is 418 g/mol. The van der Waals surface area contributed by atoms with Crippen molar-refractivity contribution < 1.29 is 8.42 Å². The average Bonchev–Trinajstić information content (AvgIpc) is 2.59. The smallest absolute Gasteiger partial charge is 0.243 e. The Hall–Kier alpha value is -0.980. The molecule has 0 spiro atoms. The Labute approximate surface area is 162 Å². The summed E-state index contributed by atoms with van der Waals surface area (Å²) < 4.78 is 27.2. The molecule has 8 heteroatoms. The first-order valence-electron chi connectivity index (χ1n) is 7.75. The van der Waals surface area contributed by atoms with E-state index in [1.165, 1.54) is 4.31 Å². The van der Waals surface area contributed by atoms with Crippen molar-refractivity contribution in [2.45, 2.75) is 11.8 Å². The fraction of sp³-hybridized carbons (Fsp3) is 0.294. The summed E-state index contributed by atoms with van der Waals surface area (Å²) in [6, 6.07) is 10.1. The van der Waals surface area contributed by atoms with Crippen molar-refractivity contribution in [3.8, 4) is 0 Å². The molecule has 2 aromatic rings. The van der Waals surface area contributed by atoms with Crippen LogP contribution in [0.5, 0.6) is 0 Å². The third kappa shape index (κ3) is 3.91. The third-order valence-corrected chi connectivity index (χ3v) is 7.13. The van der Waals surface area contributed by atoms with Crippen molar-refractivity contribution in [2.24, 2.45) is 0 Å². The van der Waals surface area contributed by atoms with Gasteiger partial charge in [0.2, 0.25) is 10.0 Å². The van der Waals surface area contributed by atoms with Crippen LogP contribution in [-0.2, 0) is 10.0 Å². The Balaban J connectivity index is 1.77. The molecule has 1 fully saturated rings. The number of hydrogen-bond acceptors (Lipinski definition) is 3. The SMILES string of the molecule is Cc1cc(S(=O)(=O)N2CCN(c3cc(Cl)ccc3Cl)CC2)ccc1Cl. The Bertz CT molecular complexity index is 895. The van der Waals surface area contributed by atoms with Gasteiger partial charge in [0.1, 0.15) is 0 Å². The number of rotatable bonds is 3. The van der Waals surface area contributed by atoms with Crippen molar-refractivity contribution in [1.82, 2.24) is 4.31 Å². The second-order valence-corrected chi connectivity index (χ2v) is 9.09. The van der Waals surface area contributed by atoms with E-state index in [-0.39, 0.29) is 4.90 Å². The maximum absolute atomic E-state index is 12.8. The van der Waals surface area contributed by atoms with Crippen LogP contribution in [-0.4, -0.2) is 38.9 Å². The summed E-state index contributed by atoms with van der Waals surface area (Å²) in [6.07, 6.45) is 0. The lowest BCUT2D eigenvalue weighted by atomic mass is 10.2. The zero-order chi connectivity index (χ0) is 18.2. The molecule has 0 radical (unpaired) electrons. The van der Waals surface area contributed by atoms with Crippen LogP contribution in [0.15, 0.2) is 41.3 Å². The molecular formula is C17H17Cl3N2O2S. The molecule has 1 heterocycles. The summed E-state index contributed by atoms with van der Waals surface area (Å²) in [4.78, 5) is 2.32. The molecule has 1 aliphatic heterocycles. The quantitative estimate of drug-likeness (QED) is 0.737. The lowest BCUT2D eigenvalue weighted by Crippen LogP contribution is -2.48. The number of hydrogen-bond donors (Lipinski definition) is 0. The van der Waals surface area contributed by atoms with Crippen molar-refractivity contribution >= 4 is 50.5 Å². The molecule has 0 aliphatic carbocycles. The van der Waals surface area contributed by atoms with Crippen LogP contribution in [0, 0.1) is 6.92 Å². The van der Waals surface area contributed by atoms with Gasteiger partial charge in [0.25, 0.3) is 0 Å². The lowest BCUT2D eigenvalue weighted by molar-refractivity contribution is 0.385. The van der Waals surface area contributed by atoms with Crippen molar-refractivity contribution in [3.05, 3.63) is 57.0 Å². The Morgan fingerprint density at radius 1 is 0.880 bits per heavy atom. The molecule has 0 saturated carbocycles. The van der Waals surface area contributed by atoms with E-state index in [0.717, 1.165) is 11.3 Å². The van der Waals surface area contributed by atoms with E-state index < -0.39 is 10.0 Å². The minimum absolute atomic E-state index is 0.267. The van der Waals surface area contributed by atoms with Gasteiger partial charge in [-0.15, -0.1) is 0 Å². The van der Waals surface area contributed by atoms with Gasteiger partial charge < -0.3 is 4.90 Å². The van der Waals surface area contributed by atoms with Crippen molar-refractivity contribution in [2.75, 3.05) is 31.1 Å². The van der Waals surface area contributed by atoms with Crippen LogP contribution in [0.25, 0.3) is 0 Å². The van der Waals surface area contributed by atoms with Crippen LogP contribution < -0.4 is 4.90 Å². The maximum Gasteiger partial charge on any atom is 0.243 e. The predicted octanol–water partition coefficient (Wildman–Crippen LogP) is 4.47. The average molecular weight is 420 g/mol. The number of sulfonamides is 1. The summed E-state index contributed by atoms with van der Waals surface area (Å²) in [5.74, 6) is 0. The molecule has 25 heavy (non-hydrogen) atoms. The molecule has 0 amide bonds. The Morgan fingerprint density at radius 3 is 2.16 bits per heavy atom. The topological polar surface area (TPSA) is 40.6 Å². The molecule has 0 unspecified atom stereocenters. The molecule has 0 aromatic heterocycles. The largest absolute Gasteiger partial charge is 0.368 e. The Morgan fingerprint density at radius 2 is 1.52 bits per heavy atom. The van der Waals surface area contributed by atoms with Crippen LogP contribution in [0.1, 0.15) is 5.56 Å². The summed E-state index contributed by atoms with van der Waals surface area (Å²) >= 11 is 18.3. The number of halogens is 3. The number of anilines is 1. The summed E-state index contributed by atoms with van der Waals surface area (Å²) in [6.45, 7) is 3.65. The first-order valence-corrected chi connectivity index (χ1v) is 10.3. The Kier molecular flexibility index (Phi) is 5.51. The molecule has 1 saturated heterocycles. The van der Waals surface area contributed by atoms with Gasteiger partial charge in [0.05, 0.1) is 15.6 Å². The normalized spacial score (nSPS) is 16.2. The van der Waals surface area contributed by atoms with Crippen molar-refractivity contribution in [1.29, 1.82) is 0 Å². The number of benzene rings is 2. The van der Waals surface area contributed by atoms with Gasteiger partial charge >= 0.3 is 0 Å². The highest BCUT2D eigenvalue weighted by Gasteiger charge is 2.29. The molecule has 3 rings (SSSR count). The number of aryl methyl sites for hydroxylation is 1. The molecule has 0 bridgehead atoms. The molecule has 1 aliphatic rings. The molecule has 2 aromatic carbocycles. The van der Waals surface area contributed by atoms with Crippen LogP contribution in [0.2, 0.25) is 15.1 Å². The van der Waals surface area contributed by atoms with E-state index in [1.807, 2.05) is 4.90 Å². The highest BCUT2D eigenvalue weighted by molar-refractivity contribution is 7.89. The number of nitrogens with zero attached hydrogens (tertiary/aromatic N) is 2. The minimum Gasteiger partial charge on any atom is -0.368 e. The third-order valence-electron chi connectivity index (χ3n) is 4.25. The zero-order valence-corrected chi connectivity index (χ0v) is 16.6. The van der Waals surface area contributed by atoms with Gasteiger partial charge in [0, 0.05) is 36.2 Å². The predicted molar refractivity (Wildman–Crippen MR) is 104 cm³/mol. The molecule has 134 valence electrons. The molecule has 4 nitrogen and oxygen atoms in total. The standard InChI is InChI=1S/C17H17Cl3N2O2S/c1-12-10-14(3-5-15(12)19)25(23,24)22-8-6-21(7-9-22)17-11-13(18)2-4-16(17)20/h2-5,10-11H,6-9H2,1H3. The van der Waals surface area contributed by atoms with Crippen molar-refractivity contribution in [3.63, 3.8) is 0 Å². The highest BCUT2D eigenvalue weighted by Crippen LogP contribution is 2.30. The van der Waals surface area contributed by atoms with Gasteiger partial charge in [-0.2, -0.15) is 4.31 Å². The van der Waals surface area contributed by atoms with E-state index in [4.69, 9.17) is 34.8 Å². The first-order chi connectivity index (χ1) is 11.8. The maximum atomic E-state index is 12.8. The second kappa shape index (κ2) is 7.33. The van der Waals surface area contributed by atoms with E-state index in [2.05, 4.69) is 0 Å². The van der Waals surface area contributed by atoms with Crippen LogP contribution in [0.3, 0.4) is 0 Å². The second-order valence-electron chi connectivity index (χ2n) is 5.90. The van der Waals surface area contributed by atoms with Gasteiger partial charge in [-0.1, -0.05) is 34.8 Å². The summed E-state index contributed by atoms with van der Waals surface area (Å²) in [5, 5.41) is 1.76. The van der Waals surface area contributed by atoms with Gasteiger partial charge in [0.15, 0.2) is 0 Å². The van der Waals surface area contributed by atoms with Gasteiger partial charge in [-0.05, 0) is 48.9 Å². The fourth-order valence-electron chi connectivity index (χ4n) is 2.82. The van der Waals surface area contributed by atoms with Gasteiger partial charge in [-0.25, -0.2) is 8.42 Å². The van der Waals surface area contributed by atoms with E-state index >= 15 is 0 Å². The van der Waals surface area contributed by atoms with Gasteiger partial charge in [-0.3, -0.25) is 0 Å². The highest BCUT2D eigenvalue weighted by atomic mass is 35.5. The minimum atomic E-state index is -3.54. The van der Waals surface area contributed by atoms with E-state index in [0.29, 0.717) is 41.2 Å². The van der Waals surface area contributed by atoms with E-state index in [1.54, 1.807) is 43.3 Å². The fourth-order valence-corrected chi connectivity index (χ4v) is 4.85. The zero-order valence-electron chi connectivity index (χ0n) is 13.5.